The fourth-order valence-electron chi connectivity index (χ4n) is 2.35. The van der Waals surface area contributed by atoms with E-state index >= 15 is 0 Å². The van der Waals surface area contributed by atoms with Gasteiger partial charge in [0, 0.05) is 23.9 Å². The van der Waals surface area contributed by atoms with Crippen molar-refractivity contribution in [2.24, 2.45) is 0 Å². The number of fused-ring (bicyclic) bond motifs is 1. The van der Waals surface area contributed by atoms with Gasteiger partial charge in [-0.05, 0) is 18.2 Å². The molecule has 10 heteroatoms. The molecule has 0 atom stereocenters. The highest BCUT2D eigenvalue weighted by atomic mass is 19.1. The number of hydrogen-bond donors (Lipinski definition) is 1. The van der Waals surface area contributed by atoms with Crippen LogP contribution in [0.3, 0.4) is 0 Å². The van der Waals surface area contributed by atoms with Crippen molar-refractivity contribution in [1.29, 1.82) is 0 Å². The summed E-state index contributed by atoms with van der Waals surface area (Å²) < 4.78 is 27.2. The fraction of sp³-hybridized carbons (Fsp3) is 0.0625. The molecule has 26 heavy (non-hydrogen) atoms. The van der Waals surface area contributed by atoms with Gasteiger partial charge in [-0.2, -0.15) is 0 Å². The van der Waals surface area contributed by atoms with Crippen LogP contribution in [0.2, 0.25) is 0 Å². The van der Waals surface area contributed by atoms with Gasteiger partial charge in [0.05, 0.1) is 22.2 Å². The summed E-state index contributed by atoms with van der Waals surface area (Å²) in [6.45, 7) is -0.484. The zero-order valence-corrected chi connectivity index (χ0v) is 13.0. The highest BCUT2D eigenvalue weighted by molar-refractivity contribution is 5.90. The van der Waals surface area contributed by atoms with Gasteiger partial charge in [0.15, 0.2) is 0 Å². The van der Waals surface area contributed by atoms with E-state index in [0.717, 1.165) is 29.1 Å². The molecule has 2 aromatic carbocycles. The van der Waals surface area contributed by atoms with Gasteiger partial charge in [-0.3, -0.25) is 24.3 Å². The van der Waals surface area contributed by atoms with Gasteiger partial charge < -0.3 is 5.32 Å². The lowest BCUT2D eigenvalue weighted by Crippen LogP contribution is -2.28. The third kappa shape index (κ3) is 3.53. The van der Waals surface area contributed by atoms with Gasteiger partial charge in [-0.1, -0.05) is 0 Å². The molecule has 0 saturated carbocycles. The number of nitrogens with zero attached hydrogens (tertiary/aromatic N) is 3. The number of nitrogens with one attached hydrogen (secondary N) is 1. The molecule has 0 radical (unpaired) electrons. The van der Waals surface area contributed by atoms with Crippen LogP contribution in [0.5, 0.6) is 0 Å². The molecule has 0 spiro atoms. The summed E-state index contributed by atoms with van der Waals surface area (Å²) in [6, 6.07) is 6.11. The number of benzene rings is 2. The minimum absolute atomic E-state index is 0.0219. The van der Waals surface area contributed by atoms with E-state index in [1.54, 1.807) is 0 Å². The molecule has 3 rings (SSSR count). The highest BCUT2D eigenvalue weighted by Gasteiger charge is 2.13. The minimum Gasteiger partial charge on any atom is -0.324 e. The predicted molar refractivity (Wildman–Crippen MR) is 87.6 cm³/mol. The van der Waals surface area contributed by atoms with Crippen LogP contribution in [0.15, 0.2) is 47.5 Å². The van der Waals surface area contributed by atoms with Gasteiger partial charge in [0.1, 0.15) is 18.2 Å². The molecule has 0 aliphatic heterocycles. The smallest absolute Gasteiger partial charge is 0.270 e. The summed E-state index contributed by atoms with van der Waals surface area (Å²) in [7, 11) is 0. The molecule has 1 aromatic heterocycles. The Morgan fingerprint density at radius 1 is 1.19 bits per heavy atom. The topological polar surface area (TPSA) is 107 Å². The lowest BCUT2D eigenvalue weighted by molar-refractivity contribution is -0.384. The van der Waals surface area contributed by atoms with Crippen LogP contribution in [0, 0.1) is 21.7 Å². The quantitative estimate of drug-likeness (QED) is 0.567. The Hall–Kier alpha value is -3.69. The predicted octanol–water partition coefficient (Wildman–Crippen LogP) is 2.22. The number of carbonyl (C=O) groups is 1. The number of nitro benzene ring substituents is 1. The van der Waals surface area contributed by atoms with Crippen molar-refractivity contribution in [2.45, 2.75) is 6.54 Å². The van der Waals surface area contributed by atoms with Crippen LogP contribution >= 0.6 is 0 Å². The summed E-state index contributed by atoms with van der Waals surface area (Å²) in [6.07, 6.45) is 1.11. The normalized spacial score (nSPS) is 10.7. The molecule has 0 fully saturated rings. The summed E-state index contributed by atoms with van der Waals surface area (Å²) in [5.41, 5.74) is -0.803. The summed E-state index contributed by atoms with van der Waals surface area (Å²) in [5, 5.41) is 13.1. The first-order valence-corrected chi connectivity index (χ1v) is 7.23. The minimum atomic E-state index is -0.864. The maximum Gasteiger partial charge on any atom is 0.270 e. The summed E-state index contributed by atoms with van der Waals surface area (Å²) in [4.78, 5) is 38.6. The Morgan fingerprint density at radius 2 is 1.88 bits per heavy atom. The van der Waals surface area contributed by atoms with Crippen LogP contribution < -0.4 is 10.9 Å². The van der Waals surface area contributed by atoms with Gasteiger partial charge in [-0.15, -0.1) is 0 Å². The van der Waals surface area contributed by atoms with Crippen molar-refractivity contribution in [2.75, 3.05) is 5.32 Å². The summed E-state index contributed by atoms with van der Waals surface area (Å²) >= 11 is 0. The Bertz CT molecular complexity index is 1080. The number of hydrogen-bond acceptors (Lipinski definition) is 5. The van der Waals surface area contributed by atoms with Crippen molar-refractivity contribution in [3.63, 3.8) is 0 Å². The maximum absolute atomic E-state index is 13.1. The second-order valence-corrected chi connectivity index (χ2v) is 5.34. The SMILES string of the molecule is O=C(Cn1cnc2ccc([N+](=O)[O-])cc2c1=O)Nc1cc(F)cc(F)c1. The average molecular weight is 360 g/mol. The number of halogens is 2. The molecule has 0 unspecified atom stereocenters. The van der Waals surface area contributed by atoms with Crippen molar-refractivity contribution < 1.29 is 18.5 Å². The van der Waals surface area contributed by atoms with E-state index in [1.807, 2.05) is 0 Å². The number of non-ortho nitro benzene ring substituents is 1. The largest absolute Gasteiger partial charge is 0.324 e. The van der Waals surface area contributed by atoms with Crippen LogP contribution in [0.1, 0.15) is 0 Å². The standard InChI is InChI=1S/C16H10F2N4O4/c17-9-3-10(18)5-11(4-9)20-15(23)7-21-8-19-14-2-1-12(22(25)26)6-13(14)16(21)24/h1-6,8H,7H2,(H,20,23). The lowest BCUT2D eigenvalue weighted by Gasteiger charge is -2.08. The molecule has 1 amide bonds. The molecule has 8 nitrogen and oxygen atoms in total. The Labute approximate surface area is 143 Å². The van der Waals surface area contributed by atoms with Crippen molar-refractivity contribution >= 4 is 28.2 Å². The molecule has 0 saturated heterocycles. The van der Waals surface area contributed by atoms with Crippen LogP contribution in [0.25, 0.3) is 10.9 Å². The molecule has 1 heterocycles. The molecular formula is C16H10F2N4O4. The van der Waals surface area contributed by atoms with Crippen LogP contribution in [-0.4, -0.2) is 20.4 Å². The van der Waals surface area contributed by atoms with E-state index in [4.69, 9.17) is 0 Å². The first-order chi connectivity index (χ1) is 12.3. The molecule has 1 N–H and O–H groups in total. The maximum atomic E-state index is 13.1. The molecule has 0 bridgehead atoms. The fourth-order valence-corrected chi connectivity index (χ4v) is 2.35. The van der Waals surface area contributed by atoms with Gasteiger partial charge in [0.25, 0.3) is 11.2 Å². The van der Waals surface area contributed by atoms with Crippen LogP contribution in [-0.2, 0) is 11.3 Å². The molecule has 132 valence electrons. The Morgan fingerprint density at radius 3 is 2.54 bits per heavy atom. The number of carbonyl (C=O) groups excluding carboxylic acids is 1. The van der Waals surface area contributed by atoms with E-state index in [-0.39, 0.29) is 22.3 Å². The van der Waals surface area contributed by atoms with Crippen molar-refractivity contribution in [3.05, 3.63) is 74.8 Å². The number of aromatic nitrogens is 2. The number of anilines is 1. The average Bonchev–Trinajstić information content (AvgIpc) is 2.56. The van der Waals surface area contributed by atoms with Crippen LogP contribution in [0.4, 0.5) is 20.2 Å². The third-order valence-electron chi connectivity index (χ3n) is 3.48. The van der Waals surface area contributed by atoms with Crippen molar-refractivity contribution in [3.8, 4) is 0 Å². The van der Waals surface area contributed by atoms with E-state index in [2.05, 4.69) is 10.3 Å². The molecule has 0 aliphatic rings. The zero-order chi connectivity index (χ0) is 18.8. The second-order valence-electron chi connectivity index (χ2n) is 5.34. The first kappa shape index (κ1) is 17.1. The van der Waals surface area contributed by atoms with Gasteiger partial charge in [-0.25, -0.2) is 13.8 Å². The van der Waals surface area contributed by atoms with E-state index in [0.29, 0.717) is 6.07 Å². The van der Waals surface area contributed by atoms with E-state index in [1.165, 1.54) is 12.1 Å². The highest BCUT2D eigenvalue weighted by Crippen LogP contribution is 2.16. The lowest BCUT2D eigenvalue weighted by atomic mass is 10.2. The second kappa shape index (κ2) is 6.67. The first-order valence-electron chi connectivity index (χ1n) is 7.23. The van der Waals surface area contributed by atoms with Gasteiger partial charge in [0.2, 0.25) is 5.91 Å². The Kier molecular flexibility index (Phi) is 4.40. The number of nitro groups is 1. The summed E-state index contributed by atoms with van der Waals surface area (Å²) in [5.74, 6) is -2.45. The molecular weight excluding hydrogens is 350 g/mol. The molecule has 0 aliphatic carbocycles. The Balaban J connectivity index is 1.88. The number of rotatable bonds is 4. The van der Waals surface area contributed by atoms with E-state index in [9.17, 15) is 28.5 Å². The van der Waals surface area contributed by atoms with Crippen molar-refractivity contribution in [1.82, 2.24) is 9.55 Å². The molecule has 3 aromatic rings. The number of amides is 1. The zero-order valence-electron chi connectivity index (χ0n) is 13.0. The monoisotopic (exact) mass is 360 g/mol. The van der Waals surface area contributed by atoms with Gasteiger partial charge >= 0.3 is 0 Å². The van der Waals surface area contributed by atoms with E-state index < -0.39 is 34.6 Å². The third-order valence-corrected chi connectivity index (χ3v) is 3.48.